The van der Waals surface area contributed by atoms with Crippen LogP contribution in [-0.2, 0) is 4.79 Å². The number of ether oxygens (including phenoxy) is 1. The molecule has 13 heteroatoms. The molecular formula is C37H35ClF2N8O2. The number of anilines is 1. The Bertz CT molecular complexity index is 2120. The highest BCUT2D eigenvalue weighted by Crippen LogP contribution is 2.41. The number of amides is 1. The number of benzene rings is 2. The first-order chi connectivity index (χ1) is 24.3. The van der Waals surface area contributed by atoms with Gasteiger partial charge in [0.2, 0.25) is 5.91 Å². The molecule has 3 atom stereocenters. The number of hydrogen-bond donors (Lipinski definition) is 0. The van der Waals surface area contributed by atoms with Gasteiger partial charge in [-0.2, -0.15) is 9.97 Å². The molecule has 2 aromatic carbocycles. The lowest BCUT2D eigenvalue weighted by Gasteiger charge is -2.31. The minimum atomic E-state index is -0.916. The molecule has 3 aliphatic rings. The maximum Gasteiger partial charge on any atom is 0.319 e. The minimum absolute atomic E-state index is 0.00796. The normalized spacial score (nSPS) is 22.2. The third kappa shape index (κ3) is 5.90. The van der Waals surface area contributed by atoms with E-state index in [1.807, 2.05) is 36.2 Å². The summed E-state index contributed by atoms with van der Waals surface area (Å²) in [6, 6.07) is 12.7. The van der Waals surface area contributed by atoms with Gasteiger partial charge in [0.25, 0.3) is 0 Å². The van der Waals surface area contributed by atoms with Crippen LogP contribution in [0.25, 0.3) is 39.0 Å². The van der Waals surface area contributed by atoms with Crippen LogP contribution < -0.4 is 9.64 Å². The fourth-order valence-electron chi connectivity index (χ4n) is 7.78. The number of carbonyl (C=O) groups is 1. The zero-order valence-electron chi connectivity index (χ0n) is 27.5. The second kappa shape index (κ2) is 13.1. The average Bonchev–Trinajstić information content (AvgIpc) is 3.85. The number of likely N-dealkylation sites (N-methyl/N-ethyl adjacent to an activating group) is 1. The zero-order chi connectivity index (χ0) is 34.4. The van der Waals surface area contributed by atoms with Gasteiger partial charge in [0.15, 0.2) is 5.82 Å². The first-order valence-corrected chi connectivity index (χ1v) is 17.2. The minimum Gasteiger partial charge on any atom is -0.461 e. The van der Waals surface area contributed by atoms with Gasteiger partial charge in [-0.15, -0.1) is 0 Å². The van der Waals surface area contributed by atoms with Crippen molar-refractivity contribution in [2.45, 2.75) is 43.4 Å². The lowest BCUT2D eigenvalue weighted by Crippen LogP contribution is -2.43. The Hall–Kier alpha value is -4.81. The Morgan fingerprint density at radius 2 is 2.00 bits per heavy atom. The van der Waals surface area contributed by atoms with E-state index in [0.717, 1.165) is 24.8 Å². The van der Waals surface area contributed by atoms with Gasteiger partial charge >= 0.3 is 6.01 Å². The van der Waals surface area contributed by atoms with Crippen molar-refractivity contribution < 1.29 is 18.3 Å². The van der Waals surface area contributed by atoms with Crippen molar-refractivity contribution >= 4 is 51.1 Å². The number of nitrogens with zero attached hydrogens (tertiary/aromatic N) is 8. The number of likely N-dealkylation sites (tertiary alicyclic amines) is 1. The van der Waals surface area contributed by atoms with Gasteiger partial charge in [0.05, 0.1) is 16.6 Å². The number of halogens is 3. The summed E-state index contributed by atoms with van der Waals surface area (Å²) < 4.78 is 37.6. The Morgan fingerprint density at radius 3 is 2.84 bits per heavy atom. The highest BCUT2D eigenvalue weighted by molar-refractivity contribution is 6.36. The fraction of sp³-hybridized carbons (Fsp3) is 0.351. The summed E-state index contributed by atoms with van der Waals surface area (Å²) in [7, 11) is 1.87. The summed E-state index contributed by atoms with van der Waals surface area (Å²) in [5.41, 5.74) is 0.917. The highest BCUT2D eigenvalue weighted by atomic mass is 35.5. The number of alkyl halides is 1. The van der Waals surface area contributed by atoms with Crippen LogP contribution in [-0.4, -0.2) is 98.2 Å². The molecule has 8 rings (SSSR count). The van der Waals surface area contributed by atoms with Crippen molar-refractivity contribution in [2.24, 2.45) is 0 Å². The number of fused-ring (bicyclic) bond motifs is 3. The summed E-state index contributed by atoms with van der Waals surface area (Å²) >= 11 is 6.62. The molecule has 10 nitrogen and oxygen atoms in total. The molecule has 0 radical (unpaired) electrons. The molecule has 1 amide bonds. The maximum atomic E-state index is 16.8. The van der Waals surface area contributed by atoms with Crippen molar-refractivity contribution in [2.75, 3.05) is 44.7 Å². The molecule has 3 aromatic heterocycles. The standard InChI is InChI=1S/C37H35ClF2N8O2/c1-46(26-12-16-47(20-26)30(49)10-9-25-11-14-41-22-43-25)35-28-18-42-33(27-7-2-5-23-6-3-8-29(38)31(23)27)32(40)34(28)44-36(45-35)50-21-37-13-4-15-48(37)19-24(39)17-37/h2-3,5-11,14,18,22,24,26H,4,12-13,15-17,19-21H2,1H3/b10-9+/t24-,26-,37+/m1/s1. The Morgan fingerprint density at radius 1 is 1.14 bits per heavy atom. The van der Waals surface area contributed by atoms with Crippen molar-refractivity contribution in [3.63, 3.8) is 0 Å². The van der Waals surface area contributed by atoms with E-state index in [1.165, 1.54) is 12.4 Å². The SMILES string of the molecule is CN(c1nc(OC[C@@]23CCCN2C[C@H](F)C3)nc2c(F)c(-c3cccc4cccc(Cl)c34)ncc12)[C@@H]1CCN(C(=O)/C=C/c2ccncn2)C1. The first kappa shape index (κ1) is 32.4. The molecule has 0 saturated carbocycles. The van der Waals surface area contributed by atoms with Gasteiger partial charge in [-0.1, -0.05) is 41.9 Å². The van der Waals surface area contributed by atoms with E-state index in [1.54, 1.807) is 41.6 Å². The third-order valence-corrected chi connectivity index (χ3v) is 10.7. The average molecular weight is 697 g/mol. The second-order valence-electron chi connectivity index (χ2n) is 13.3. The van der Waals surface area contributed by atoms with E-state index in [4.69, 9.17) is 21.3 Å². The van der Waals surface area contributed by atoms with Crippen molar-refractivity contribution in [1.29, 1.82) is 0 Å². The van der Waals surface area contributed by atoms with Crippen molar-refractivity contribution in [3.8, 4) is 17.3 Å². The van der Waals surface area contributed by atoms with E-state index >= 15 is 4.39 Å². The molecule has 256 valence electrons. The largest absolute Gasteiger partial charge is 0.461 e. The van der Waals surface area contributed by atoms with E-state index in [0.29, 0.717) is 65.3 Å². The lowest BCUT2D eigenvalue weighted by molar-refractivity contribution is -0.124. The lowest BCUT2D eigenvalue weighted by atomic mass is 9.95. The Kier molecular flexibility index (Phi) is 8.52. The number of carbonyl (C=O) groups excluding carboxylic acids is 1. The van der Waals surface area contributed by atoms with Crippen molar-refractivity contribution in [1.82, 2.24) is 34.7 Å². The highest BCUT2D eigenvalue weighted by Gasteiger charge is 2.49. The summed E-state index contributed by atoms with van der Waals surface area (Å²) in [5.74, 6) is -0.323. The Balaban J connectivity index is 1.15. The molecule has 3 aliphatic heterocycles. The summed E-state index contributed by atoms with van der Waals surface area (Å²) in [6.07, 6.45) is 9.73. The third-order valence-electron chi connectivity index (χ3n) is 10.3. The predicted molar refractivity (Wildman–Crippen MR) is 188 cm³/mol. The molecule has 50 heavy (non-hydrogen) atoms. The quantitative estimate of drug-likeness (QED) is 0.177. The van der Waals surface area contributed by atoms with Crippen LogP contribution in [0, 0.1) is 5.82 Å². The van der Waals surface area contributed by atoms with Gasteiger partial charge in [0, 0.05) is 73.6 Å². The van der Waals surface area contributed by atoms with Gasteiger partial charge in [-0.3, -0.25) is 14.7 Å². The van der Waals surface area contributed by atoms with Crippen LogP contribution in [0.4, 0.5) is 14.6 Å². The second-order valence-corrected chi connectivity index (χ2v) is 13.7. The number of rotatable bonds is 8. The molecule has 0 aliphatic carbocycles. The van der Waals surface area contributed by atoms with Crippen LogP contribution in [0.5, 0.6) is 6.01 Å². The summed E-state index contributed by atoms with van der Waals surface area (Å²) in [5, 5.41) is 2.45. The number of hydrogen-bond acceptors (Lipinski definition) is 9. The predicted octanol–water partition coefficient (Wildman–Crippen LogP) is 6.13. The maximum absolute atomic E-state index is 16.8. The van der Waals surface area contributed by atoms with Gasteiger partial charge in [-0.25, -0.2) is 18.7 Å². The van der Waals surface area contributed by atoms with E-state index < -0.39 is 17.5 Å². The Labute approximate surface area is 292 Å². The van der Waals surface area contributed by atoms with Crippen LogP contribution in [0.3, 0.4) is 0 Å². The van der Waals surface area contributed by atoms with Crippen LogP contribution >= 0.6 is 11.6 Å². The smallest absolute Gasteiger partial charge is 0.319 e. The van der Waals surface area contributed by atoms with E-state index in [-0.39, 0.29) is 35.8 Å². The van der Waals surface area contributed by atoms with Gasteiger partial charge in [-0.05, 0) is 49.4 Å². The molecular weight excluding hydrogens is 662 g/mol. The molecule has 6 heterocycles. The molecule has 5 aromatic rings. The topological polar surface area (TPSA) is 100 Å². The summed E-state index contributed by atoms with van der Waals surface area (Å²) in [6.45, 7) is 2.38. The van der Waals surface area contributed by atoms with Crippen LogP contribution in [0.2, 0.25) is 5.02 Å². The zero-order valence-corrected chi connectivity index (χ0v) is 28.2. The van der Waals surface area contributed by atoms with E-state index in [2.05, 4.69) is 24.8 Å². The van der Waals surface area contributed by atoms with E-state index in [9.17, 15) is 9.18 Å². The van der Waals surface area contributed by atoms with Crippen LogP contribution in [0.1, 0.15) is 31.4 Å². The summed E-state index contributed by atoms with van der Waals surface area (Å²) in [4.78, 5) is 41.0. The van der Waals surface area contributed by atoms with Crippen molar-refractivity contribution in [3.05, 3.63) is 83.8 Å². The van der Waals surface area contributed by atoms with Gasteiger partial charge in [0.1, 0.15) is 36.1 Å². The number of aromatic nitrogens is 5. The molecule has 0 bridgehead atoms. The first-order valence-electron chi connectivity index (χ1n) is 16.8. The molecule has 3 fully saturated rings. The monoisotopic (exact) mass is 696 g/mol. The molecule has 0 N–H and O–H groups in total. The fourth-order valence-corrected chi connectivity index (χ4v) is 8.06. The molecule has 3 saturated heterocycles. The molecule has 0 unspecified atom stereocenters. The molecule has 0 spiro atoms. The van der Waals surface area contributed by atoms with Gasteiger partial charge < -0.3 is 14.5 Å². The number of pyridine rings is 1. The van der Waals surface area contributed by atoms with Crippen LogP contribution in [0.15, 0.2) is 67.3 Å².